The highest BCUT2D eigenvalue weighted by molar-refractivity contribution is 5.80. The molecule has 2 heterocycles. The number of carbonyl (C=O) groups is 1. The quantitative estimate of drug-likeness (QED) is 0.668. The van der Waals surface area contributed by atoms with Gasteiger partial charge in [-0.15, -0.1) is 0 Å². The summed E-state index contributed by atoms with van der Waals surface area (Å²) in [4.78, 5) is 13.9. The Bertz CT molecular complexity index is 241. The maximum absolute atomic E-state index is 12.0. The van der Waals surface area contributed by atoms with E-state index in [1.165, 1.54) is 0 Å². The summed E-state index contributed by atoms with van der Waals surface area (Å²) in [6.45, 7) is 5.20. The second-order valence-electron chi connectivity index (χ2n) is 4.66. The molecule has 2 saturated heterocycles. The normalized spacial score (nSPS) is 32.5. The van der Waals surface area contributed by atoms with Crippen molar-refractivity contribution in [3.63, 3.8) is 0 Å². The summed E-state index contributed by atoms with van der Waals surface area (Å²) in [5.74, 6) is 0.743. The van der Waals surface area contributed by atoms with Crippen molar-refractivity contribution >= 4 is 5.91 Å². The molecule has 15 heavy (non-hydrogen) atoms. The molecule has 2 aliphatic heterocycles. The Kier molecular flexibility index (Phi) is 3.26. The summed E-state index contributed by atoms with van der Waals surface area (Å²) in [5.41, 5.74) is 0. The average Bonchev–Trinajstić information content (AvgIpc) is 2.15. The van der Waals surface area contributed by atoms with Crippen LogP contribution in [0, 0.1) is 11.8 Å². The minimum Gasteiger partial charge on any atom is -0.393 e. The van der Waals surface area contributed by atoms with E-state index in [-0.39, 0.29) is 23.8 Å². The molecule has 0 aromatic heterocycles. The van der Waals surface area contributed by atoms with Crippen LogP contribution in [0.3, 0.4) is 0 Å². The molecule has 4 heteroatoms. The minimum absolute atomic E-state index is 0.192. The number of piperidine rings is 1. The van der Waals surface area contributed by atoms with Crippen LogP contribution in [-0.4, -0.2) is 48.2 Å². The molecule has 0 spiro atoms. The molecular weight excluding hydrogens is 192 g/mol. The van der Waals surface area contributed by atoms with Gasteiger partial charge in [0, 0.05) is 32.1 Å². The Morgan fingerprint density at radius 1 is 1.53 bits per heavy atom. The molecule has 0 aromatic carbocycles. The molecule has 0 radical (unpaired) electrons. The molecule has 1 amide bonds. The third kappa shape index (κ3) is 2.16. The van der Waals surface area contributed by atoms with Crippen molar-refractivity contribution in [2.45, 2.75) is 25.9 Å². The Labute approximate surface area is 90.6 Å². The Morgan fingerprint density at radius 3 is 2.80 bits per heavy atom. The predicted octanol–water partition coefficient (Wildman–Crippen LogP) is -0.175. The first-order valence-corrected chi connectivity index (χ1v) is 5.90. The van der Waals surface area contributed by atoms with Gasteiger partial charge in [-0.05, 0) is 12.8 Å². The molecule has 2 aliphatic rings. The number of nitrogens with zero attached hydrogens (tertiary/aromatic N) is 1. The fourth-order valence-electron chi connectivity index (χ4n) is 2.34. The SMILES string of the molecule is CC[C@@H]1CN(C(=O)C2CNC2)CC[C@H]1O. The molecule has 2 atom stereocenters. The van der Waals surface area contributed by atoms with Crippen LogP contribution in [0.4, 0.5) is 0 Å². The molecular formula is C11H20N2O2. The van der Waals surface area contributed by atoms with Crippen LogP contribution in [0.25, 0.3) is 0 Å². The Balaban J connectivity index is 1.90. The standard InChI is InChI=1S/C11H20N2O2/c1-2-8-7-13(4-3-10(8)14)11(15)9-5-12-6-9/h8-10,12,14H,2-7H2,1H3/t8-,10-/m1/s1. The van der Waals surface area contributed by atoms with Crippen LogP contribution in [0.15, 0.2) is 0 Å². The van der Waals surface area contributed by atoms with E-state index in [0.29, 0.717) is 0 Å². The highest BCUT2D eigenvalue weighted by Crippen LogP contribution is 2.22. The number of nitrogens with one attached hydrogen (secondary N) is 1. The lowest BCUT2D eigenvalue weighted by atomic mass is 9.91. The van der Waals surface area contributed by atoms with Gasteiger partial charge in [-0.25, -0.2) is 0 Å². The zero-order valence-electron chi connectivity index (χ0n) is 9.28. The summed E-state index contributed by atoms with van der Waals surface area (Å²) in [6, 6.07) is 0. The van der Waals surface area contributed by atoms with Crippen molar-refractivity contribution in [2.24, 2.45) is 11.8 Å². The van der Waals surface area contributed by atoms with Gasteiger partial charge in [0.1, 0.15) is 0 Å². The van der Waals surface area contributed by atoms with E-state index in [1.54, 1.807) is 0 Å². The zero-order valence-corrected chi connectivity index (χ0v) is 9.28. The number of likely N-dealkylation sites (tertiary alicyclic amines) is 1. The summed E-state index contributed by atoms with van der Waals surface area (Å²) in [7, 11) is 0. The second-order valence-corrected chi connectivity index (χ2v) is 4.66. The number of hydrogen-bond acceptors (Lipinski definition) is 3. The van der Waals surface area contributed by atoms with E-state index in [9.17, 15) is 9.90 Å². The predicted molar refractivity (Wildman–Crippen MR) is 57.3 cm³/mol. The number of rotatable bonds is 2. The van der Waals surface area contributed by atoms with Crippen molar-refractivity contribution < 1.29 is 9.90 Å². The van der Waals surface area contributed by atoms with Gasteiger partial charge in [0.15, 0.2) is 0 Å². The van der Waals surface area contributed by atoms with E-state index >= 15 is 0 Å². The van der Waals surface area contributed by atoms with Gasteiger partial charge in [-0.2, -0.15) is 0 Å². The number of amides is 1. The van der Waals surface area contributed by atoms with Gasteiger partial charge in [-0.1, -0.05) is 6.92 Å². The molecule has 0 aliphatic carbocycles. The second kappa shape index (κ2) is 4.49. The Hall–Kier alpha value is -0.610. The third-order valence-corrected chi connectivity index (χ3v) is 3.66. The monoisotopic (exact) mass is 212 g/mol. The van der Waals surface area contributed by atoms with Crippen LogP contribution in [-0.2, 0) is 4.79 Å². The van der Waals surface area contributed by atoms with Gasteiger partial charge < -0.3 is 15.3 Å². The molecule has 0 aromatic rings. The number of hydrogen-bond donors (Lipinski definition) is 2. The van der Waals surface area contributed by atoms with Crippen LogP contribution in [0.2, 0.25) is 0 Å². The molecule has 2 rings (SSSR count). The van der Waals surface area contributed by atoms with Crippen molar-refractivity contribution in [1.82, 2.24) is 10.2 Å². The van der Waals surface area contributed by atoms with E-state index in [0.717, 1.165) is 39.0 Å². The van der Waals surface area contributed by atoms with E-state index in [4.69, 9.17) is 0 Å². The van der Waals surface area contributed by atoms with Gasteiger partial charge in [0.2, 0.25) is 5.91 Å². The van der Waals surface area contributed by atoms with Crippen LogP contribution in [0.1, 0.15) is 19.8 Å². The molecule has 0 bridgehead atoms. The first-order valence-electron chi connectivity index (χ1n) is 5.90. The first kappa shape index (κ1) is 10.9. The summed E-state index contributed by atoms with van der Waals surface area (Å²) in [6.07, 6.45) is 1.48. The molecule has 2 N–H and O–H groups in total. The first-order chi connectivity index (χ1) is 7.22. The zero-order chi connectivity index (χ0) is 10.8. The molecule has 86 valence electrons. The maximum Gasteiger partial charge on any atom is 0.228 e. The van der Waals surface area contributed by atoms with Crippen molar-refractivity contribution in [3.8, 4) is 0 Å². The van der Waals surface area contributed by atoms with Crippen LogP contribution < -0.4 is 5.32 Å². The van der Waals surface area contributed by atoms with Crippen molar-refractivity contribution in [3.05, 3.63) is 0 Å². The summed E-state index contributed by atoms with van der Waals surface area (Å²) in [5, 5.41) is 12.8. The lowest BCUT2D eigenvalue weighted by molar-refractivity contribution is -0.140. The fraction of sp³-hybridized carbons (Fsp3) is 0.909. The van der Waals surface area contributed by atoms with Gasteiger partial charge in [-0.3, -0.25) is 4.79 Å². The molecule has 4 nitrogen and oxygen atoms in total. The molecule has 2 fully saturated rings. The van der Waals surface area contributed by atoms with Gasteiger partial charge in [0.05, 0.1) is 12.0 Å². The average molecular weight is 212 g/mol. The molecule has 0 saturated carbocycles. The number of aliphatic hydroxyl groups excluding tert-OH is 1. The highest BCUT2D eigenvalue weighted by Gasteiger charge is 2.34. The lowest BCUT2D eigenvalue weighted by Gasteiger charge is -2.39. The van der Waals surface area contributed by atoms with E-state index in [1.807, 2.05) is 4.90 Å². The van der Waals surface area contributed by atoms with Gasteiger partial charge >= 0.3 is 0 Å². The van der Waals surface area contributed by atoms with E-state index in [2.05, 4.69) is 12.2 Å². The number of carbonyl (C=O) groups excluding carboxylic acids is 1. The largest absolute Gasteiger partial charge is 0.393 e. The summed E-state index contributed by atoms with van der Waals surface area (Å²) < 4.78 is 0. The topological polar surface area (TPSA) is 52.6 Å². The van der Waals surface area contributed by atoms with Crippen LogP contribution in [0.5, 0.6) is 0 Å². The summed E-state index contributed by atoms with van der Waals surface area (Å²) >= 11 is 0. The lowest BCUT2D eigenvalue weighted by Crippen LogP contribution is -2.55. The Morgan fingerprint density at radius 2 is 2.27 bits per heavy atom. The van der Waals surface area contributed by atoms with Crippen molar-refractivity contribution in [1.29, 1.82) is 0 Å². The number of aliphatic hydroxyl groups is 1. The van der Waals surface area contributed by atoms with E-state index < -0.39 is 0 Å². The highest BCUT2D eigenvalue weighted by atomic mass is 16.3. The minimum atomic E-state index is -0.210. The van der Waals surface area contributed by atoms with Gasteiger partial charge in [0.25, 0.3) is 0 Å². The van der Waals surface area contributed by atoms with Crippen molar-refractivity contribution in [2.75, 3.05) is 26.2 Å². The van der Waals surface area contributed by atoms with Crippen LogP contribution >= 0.6 is 0 Å². The molecule has 0 unspecified atom stereocenters. The smallest absolute Gasteiger partial charge is 0.228 e. The maximum atomic E-state index is 12.0. The fourth-order valence-corrected chi connectivity index (χ4v) is 2.34. The third-order valence-electron chi connectivity index (χ3n) is 3.66.